The molecule has 0 radical (unpaired) electrons. The number of phenolic OH excluding ortho intramolecular Hbond substituents is 4. The van der Waals surface area contributed by atoms with Crippen molar-refractivity contribution in [2.45, 2.75) is 73.4 Å². The van der Waals surface area contributed by atoms with Gasteiger partial charge in [-0.15, -0.1) is 0 Å². The average molecular weight is 825 g/mol. The minimum atomic E-state index is -1.74. The fraction of sp³-hybridized carbons (Fsp3) is 0.366. The molecular weight excluding hydrogens is 780 g/mol. The van der Waals surface area contributed by atoms with Crippen LogP contribution in [0.1, 0.15) is 39.8 Å². The van der Waals surface area contributed by atoms with E-state index < -0.39 is 86.6 Å². The van der Waals surface area contributed by atoms with Crippen LogP contribution in [0.15, 0.2) is 66.7 Å². The minimum Gasteiger partial charge on any atom is -0.508 e. The first-order valence-electron chi connectivity index (χ1n) is 18.4. The lowest BCUT2D eigenvalue weighted by atomic mass is 9.84. The number of fused-ring (bicyclic) bond motifs is 1. The molecule has 18 nitrogen and oxygen atoms in total. The number of benzene rings is 4. The van der Waals surface area contributed by atoms with Gasteiger partial charge in [-0.2, -0.15) is 0 Å². The highest BCUT2D eigenvalue weighted by molar-refractivity contribution is 5.74. The largest absolute Gasteiger partial charge is 0.508 e. The molecule has 316 valence electrons. The van der Waals surface area contributed by atoms with Gasteiger partial charge in [0, 0.05) is 17.7 Å². The van der Waals surface area contributed by atoms with Gasteiger partial charge < -0.3 is 89.7 Å². The van der Waals surface area contributed by atoms with Crippen LogP contribution in [0.25, 0.3) is 12.2 Å². The van der Waals surface area contributed by atoms with Crippen LogP contribution in [0.2, 0.25) is 0 Å². The number of rotatable bonds is 11. The van der Waals surface area contributed by atoms with Crippen molar-refractivity contribution in [2.24, 2.45) is 0 Å². The van der Waals surface area contributed by atoms with Crippen molar-refractivity contribution in [3.63, 3.8) is 0 Å². The van der Waals surface area contributed by atoms with Crippen LogP contribution < -0.4 is 18.9 Å². The molecular formula is C41H44O18. The molecule has 4 aromatic rings. The maximum atomic E-state index is 11.3. The first-order chi connectivity index (χ1) is 28.2. The van der Waals surface area contributed by atoms with Crippen molar-refractivity contribution < 1.29 is 89.7 Å². The molecule has 18 heteroatoms. The molecule has 2 fully saturated rings. The van der Waals surface area contributed by atoms with Crippen molar-refractivity contribution in [2.75, 3.05) is 20.3 Å². The highest BCUT2D eigenvalue weighted by atomic mass is 16.7. The number of phenols is 4. The monoisotopic (exact) mass is 824 g/mol. The van der Waals surface area contributed by atoms with E-state index in [0.29, 0.717) is 27.8 Å². The van der Waals surface area contributed by atoms with Crippen molar-refractivity contribution >= 4 is 12.2 Å². The van der Waals surface area contributed by atoms with E-state index in [1.807, 2.05) is 0 Å². The molecule has 0 bridgehead atoms. The fourth-order valence-corrected chi connectivity index (χ4v) is 7.37. The Hall–Kier alpha value is -5.38. The van der Waals surface area contributed by atoms with Crippen molar-refractivity contribution in [3.8, 4) is 46.0 Å². The van der Waals surface area contributed by atoms with E-state index in [-0.39, 0.29) is 46.0 Å². The number of aromatic hydroxyl groups is 4. The summed E-state index contributed by atoms with van der Waals surface area (Å²) in [7, 11) is 1.37. The van der Waals surface area contributed by atoms with Crippen LogP contribution in [-0.2, 0) is 9.47 Å². The molecule has 2 saturated heterocycles. The Morgan fingerprint density at radius 3 is 1.71 bits per heavy atom. The molecule has 0 saturated carbocycles. The third kappa shape index (κ3) is 8.41. The van der Waals surface area contributed by atoms with Crippen molar-refractivity contribution in [3.05, 3.63) is 94.5 Å². The van der Waals surface area contributed by atoms with Crippen LogP contribution in [0, 0.1) is 0 Å². The number of ether oxygens (including phenoxy) is 6. The molecule has 3 aliphatic rings. The predicted octanol–water partition coefficient (Wildman–Crippen LogP) is 0.311. The summed E-state index contributed by atoms with van der Waals surface area (Å²) in [6.45, 7) is -1.35. The van der Waals surface area contributed by atoms with Gasteiger partial charge in [-0.1, -0.05) is 18.2 Å². The zero-order valence-corrected chi connectivity index (χ0v) is 31.2. The summed E-state index contributed by atoms with van der Waals surface area (Å²) in [4.78, 5) is 0. The second-order valence-corrected chi connectivity index (χ2v) is 14.4. The van der Waals surface area contributed by atoms with E-state index in [0.717, 1.165) is 0 Å². The SMILES string of the molecule is COc1cc([C@H]2Oc3c(O)cc(/C=C/c4cc(O)cc(O[C@@H]5O[C@H](CO)[C@@H](O)[C@H](O)[C@H]5O)c4)cc3[C@@H]2c2cc(O)cc(O[C@@H]3O[C@H](CO)[C@@H](O)[C@H](O)[C@H]3O)c2)ccc1O. The zero-order chi connectivity index (χ0) is 42.3. The van der Waals surface area contributed by atoms with Gasteiger partial charge in [0.25, 0.3) is 0 Å². The van der Waals surface area contributed by atoms with Gasteiger partial charge in [-0.25, -0.2) is 0 Å². The third-order valence-electron chi connectivity index (χ3n) is 10.4. The first kappa shape index (κ1) is 41.8. The van der Waals surface area contributed by atoms with Gasteiger partial charge in [-0.3, -0.25) is 0 Å². The van der Waals surface area contributed by atoms with Crippen LogP contribution in [0.5, 0.6) is 46.0 Å². The Labute approximate surface area is 335 Å². The molecule has 3 heterocycles. The lowest BCUT2D eigenvalue weighted by Gasteiger charge is -2.39. The van der Waals surface area contributed by atoms with Gasteiger partial charge in [0.15, 0.2) is 23.0 Å². The third-order valence-corrected chi connectivity index (χ3v) is 10.4. The van der Waals surface area contributed by atoms with Gasteiger partial charge in [0.05, 0.1) is 26.2 Å². The first-order valence-corrected chi connectivity index (χ1v) is 18.4. The molecule has 12 N–H and O–H groups in total. The normalized spacial score (nSPS) is 30.5. The van der Waals surface area contributed by atoms with Crippen LogP contribution >= 0.6 is 0 Å². The number of methoxy groups -OCH3 is 1. The average Bonchev–Trinajstić information content (AvgIpc) is 3.60. The number of hydrogen-bond donors (Lipinski definition) is 12. The van der Waals surface area contributed by atoms with Crippen molar-refractivity contribution in [1.29, 1.82) is 0 Å². The molecule has 12 atom stereocenters. The molecule has 59 heavy (non-hydrogen) atoms. The quantitative estimate of drug-likeness (QED) is 0.0906. The predicted molar refractivity (Wildman–Crippen MR) is 202 cm³/mol. The Morgan fingerprint density at radius 2 is 1.14 bits per heavy atom. The van der Waals surface area contributed by atoms with E-state index in [2.05, 4.69) is 0 Å². The number of aliphatic hydroxyl groups is 8. The Kier molecular flexibility index (Phi) is 12.1. The summed E-state index contributed by atoms with van der Waals surface area (Å²) < 4.78 is 34.2. The van der Waals surface area contributed by atoms with Gasteiger partial charge >= 0.3 is 0 Å². The summed E-state index contributed by atoms with van der Waals surface area (Å²) in [5.41, 5.74) is 2.15. The van der Waals surface area contributed by atoms with Gasteiger partial charge in [0.1, 0.15) is 77.9 Å². The van der Waals surface area contributed by atoms with E-state index in [1.165, 1.54) is 55.6 Å². The highest BCUT2D eigenvalue weighted by Gasteiger charge is 2.46. The van der Waals surface area contributed by atoms with Crippen LogP contribution in [0.4, 0.5) is 0 Å². The molecule has 0 unspecified atom stereocenters. The van der Waals surface area contributed by atoms with Gasteiger partial charge in [0.2, 0.25) is 12.6 Å². The molecule has 0 spiro atoms. The Balaban J connectivity index is 1.23. The number of hydrogen-bond acceptors (Lipinski definition) is 18. The summed E-state index contributed by atoms with van der Waals surface area (Å²) in [5.74, 6) is -1.53. The summed E-state index contributed by atoms with van der Waals surface area (Å²) in [5, 5.41) is 124. The fourth-order valence-electron chi connectivity index (χ4n) is 7.37. The second-order valence-electron chi connectivity index (χ2n) is 14.4. The maximum absolute atomic E-state index is 11.3. The van der Waals surface area contributed by atoms with Crippen molar-refractivity contribution in [1.82, 2.24) is 0 Å². The van der Waals surface area contributed by atoms with E-state index in [9.17, 15) is 61.3 Å². The minimum absolute atomic E-state index is 0.0111. The summed E-state index contributed by atoms with van der Waals surface area (Å²) in [6.07, 6.45) is -13.3. The number of aliphatic hydroxyl groups excluding tert-OH is 8. The molecule has 3 aliphatic heterocycles. The molecule has 0 amide bonds. The Morgan fingerprint density at radius 1 is 0.576 bits per heavy atom. The van der Waals surface area contributed by atoms with E-state index in [4.69, 9.17) is 28.4 Å². The van der Waals surface area contributed by atoms with Gasteiger partial charge in [-0.05, 0) is 70.8 Å². The molecule has 7 rings (SSSR count). The van der Waals surface area contributed by atoms with Crippen LogP contribution in [-0.4, -0.2) is 143 Å². The van der Waals surface area contributed by atoms with E-state index in [1.54, 1.807) is 30.4 Å². The standard InChI is InChI=1S/C41H44O18/c1-54-28-12-19(4-5-26(28)46)38-31(20-10-22(45)14-24(11-20)56-41-37(53)35(51)33(49)30(16-43)58-41)25-8-18(9-27(47)39(25)59-38)3-2-17-6-21(44)13-23(7-17)55-40-36(52)34(50)32(48)29(15-42)57-40/h2-14,29-38,40-53H,15-16H2,1H3/b3-2+/t29-,30-,31+,32-,33-,34+,35+,36-,37-,38-,40-,41-/m1/s1. The smallest absolute Gasteiger partial charge is 0.229 e. The van der Waals surface area contributed by atoms with E-state index >= 15 is 0 Å². The lowest BCUT2D eigenvalue weighted by Crippen LogP contribution is -2.60. The Bertz CT molecular complexity index is 2160. The molecule has 4 aromatic carbocycles. The summed E-state index contributed by atoms with van der Waals surface area (Å²) in [6, 6.07) is 16.0. The lowest BCUT2D eigenvalue weighted by molar-refractivity contribution is -0.277. The molecule has 0 aliphatic carbocycles. The van der Waals surface area contributed by atoms with Crippen LogP contribution in [0.3, 0.4) is 0 Å². The zero-order valence-electron chi connectivity index (χ0n) is 31.2. The molecule has 0 aromatic heterocycles. The topological polar surface area (TPSA) is 298 Å². The highest BCUT2D eigenvalue weighted by Crippen LogP contribution is 2.55. The maximum Gasteiger partial charge on any atom is 0.229 e. The summed E-state index contributed by atoms with van der Waals surface area (Å²) >= 11 is 0. The second kappa shape index (κ2) is 17.1.